The number of hydrogen-bond acceptors (Lipinski definition) is 5. The molecule has 0 atom stereocenters. The van der Waals surface area contributed by atoms with Crippen LogP contribution in [0.1, 0.15) is 36.0 Å². The highest BCUT2D eigenvalue weighted by atomic mass is 19.3. The van der Waals surface area contributed by atoms with Crippen molar-refractivity contribution in [3.05, 3.63) is 24.2 Å². The number of H-pyrrole nitrogens is 1. The number of nitrogens with zero attached hydrogens (tertiary/aromatic N) is 2. The fourth-order valence-electron chi connectivity index (χ4n) is 3.35. The summed E-state index contributed by atoms with van der Waals surface area (Å²) >= 11 is 0. The van der Waals surface area contributed by atoms with E-state index in [2.05, 4.69) is 20.3 Å². The quantitative estimate of drug-likeness (QED) is 0.693. The highest BCUT2D eigenvalue weighted by Gasteiger charge is 2.39. The van der Waals surface area contributed by atoms with Gasteiger partial charge in [-0.3, -0.25) is 4.79 Å². The molecule has 1 aliphatic carbocycles. The summed E-state index contributed by atoms with van der Waals surface area (Å²) in [4.78, 5) is 23.4. The average Bonchev–Trinajstić information content (AvgIpc) is 3.12. The van der Waals surface area contributed by atoms with Crippen LogP contribution < -0.4 is 5.32 Å². The van der Waals surface area contributed by atoms with Gasteiger partial charge >= 0.3 is 0 Å². The molecule has 0 saturated heterocycles. The molecule has 0 aliphatic heterocycles. The molecule has 9 heteroatoms. The van der Waals surface area contributed by atoms with E-state index in [1.807, 2.05) is 0 Å². The van der Waals surface area contributed by atoms with E-state index in [0.29, 0.717) is 42.4 Å². The molecule has 1 amide bonds. The largest absolute Gasteiger partial charge is 0.394 e. The van der Waals surface area contributed by atoms with Crippen LogP contribution in [0.4, 0.5) is 8.78 Å². The normalized spacial score (nSPS) is 23.5. The number of nitrogens with one attached hydrogen (secondary N) is 2. The maximum atomic E-state index is 12.9. The lowest BCUT2D eigenvalue weighted by Crippen LogP contribution is -2.48. The molecule has 2 aromatic rings. The number of fused-ring (bicyclic) bond motifs is 1. The standard InChI is InChI=1S/C17H22F2N4O3/c18-14(19)11-1-3-17(4-2-11,26-6-5-24)9-21-16(25)12-7-13-15(20-8-12)23-10-22-13/h7-8,10-11,14,24H,1-6,9H2,(H,21,25)(H,20,22,23). The summed E-state index contributed by atoms with van der Waals surface area (Å²) in [5.74, 6) is -0.958. The van der Waals surface area contributed by atoms with Crippen molar-refractivity contribution in [3.8, 4) is 0 Å². The lowest BCUT2D eigenvalue weighted by Gasteiger charge is -2.40. The van der Waals surface area contributed by atoms with Gasteiger partial charge in [0.25, 0.3) is 5.91 Å². The van der Waals surface area contributed by atoms with Crippen LogP contribution in [0.15, 0.2) is 18.6 Å². The van der Waals surface area contributed by atoms with Gasteiger partial charge in [-0.2, -0.15) is 0 Å². The molecule has 26 heavy (non-hydrogen) atoms. The molecule has 1 aliphatic rings. The third kappa shape index (κ3) is 4.16. The molecule has 0 radical (unpaired) electrons. The monoisotopic (exact) mass is 368 g/mol. The summed E-state index contributed by atoms with van der Waals surface area (Å²) < 4.78 is 31.5. The number of ether oxygens (including phenoxy) is 1. The third-order valence-electron chi connectivity index (χ3n) is 4.90. The van der Waals surface area contributed by atoms with E-state index in [1.165, 1.54) is 12.5 Å². The predicted molar refractivity (Wildman–Crippen MR) is 90.0 cm³/mol. The Bertz CT molecular complexity index is 744. The first-order valence-electron chi connectivity index (χ1n) is 8.63. The van der Waals surface area contributed by atoms with E-state index in [4.69, 9.17) is 9.84 Å². The molecular weight excluding hydrogens is 346 g/mol. The molecule has 0 bridgehead atoms. The zero-order valence-electron chi connectivity index (χ0n) is 14.3. The van der Waals surface area contributed by atoms with E-state index in [9.17, 15) is 13.6 Å². The highest BCUT2D eigenvalue weighted by Crippen LogP contribution is 2.37. The Morgan fingerprint density at radius 1 is 1.42 bits per heavy atom. The van der Waals surface area contributed by atoms with Crippen LogP contribution >= 0.6 is 0 Å². The van der Waals surface area contributed by atoms with E-state index in [0.717, 1.165) is 0 Å². The Balaban J connectivity index is 1.64. The van der Waals surface area contributed by atoms with Gasteiger partial charge in [-0.05, 0) is 31.7 Å². The number of halogens is 2. The van der Waals surface area contributed by atoms with Crippen LogP contribution in [-0.4, -0.2) is 57.8 Å². The lowest BCUT2D eigenvalue weighted by atomic mass is 9.78. The summed E-state index contributed by atoms with van der Waals surface area (Å²) in [6.07, 6.45) is 2.10. The van der Waals surface area contributed by atoms with Gasteiger partial charge in [0.15, 0.2) is 5.65 Å². The molecule has 1 fully saturated rings. The molecule has 2 aromatic heterocycles. The number of aliphatic hydroxyl groups is 1. The number of carbonyl (C=O) groups excluding carboxylic acids is 1. The molecule has 142 valence electrons. The Morgan fingerprint density at radius 2 is 2.19 bits per heavy atom. The predicted octanol–water partition coefficient (Wildman–Crippen LogP) is 1.89. The number of aromatic nitrogens is 3. The summed E-state index contributed by atoms with van der Waals surface area (Å²) in [6, 6.07) is 1.65. The van der Waals surface area contributed by atoms with Crippen molar-refractivity contribution < 1.29 is 23.4 Å². The van der Waals surface area contributed by atoms with Gasteiger partial charge in [-0.25, -0.2) is 18.7 Å². The van der Waals surface area contributed by atoms with E-state index in [-0.39, 0.29) is 25.7 Å². The van der Waals surface area contributed by atoms with Gasteiger partial charge in [0.1, 0.15) is 0 Å². The molecule has 3 N–H and O–H groups in total. The molecule has 3 rings (SSSR count). The van der Waals surface area contributed by atoms with Crippen LogP contribution in [-0.2, 0) is 4.74 Å². The first-order chi connectivity index (χ1) is 12.5. The van der Waals surface area contributed by atoms with E-state index < -0.39 is 17.9 Å². The van der Waals surface area contributed by atoms with E-state index in [1.54, 1.807) is 6.07 Å². The van der Waals surface area contributed by atoms with Gasteiger partial charge in [-0.1, -0.05) is 0 Å². The Morgan fingerprint density at radius 3 is 2.88 bits per heavy atom. The summed E-state index contributed by atoms with van der Waals surface area (Å²) in [7, 11) is 0. The average molecular weight is 368 g/mol. The summed E-state index contributed by atoms with van der Waals surface area (Å²) in [5, 5.41) is 11.8. The van der Waals surface area contributed by atoms with Gasteiger partial charge in [0, 0.05) is 18.7 Å². The second-order valence-corrected chi connectivity index (χ2v) is 6.61. The molecule has 1 saturated carbocycles. The van der Waals surface area contributed by atoms with Crippen molar-refractivity contribution in [2.45, 2.75) is 37.7 Å². The third-order valence-corrected chi connectivity index (χ3v) is 4.90. The van der Waals surface area contributed by atoms with Crippen molar-refractivity contribution in [2.24, 2.45) is 5.92 Å². The van der Waals surface area contributed by atoms with Gasteiger partial charge in [0.2, 0.25) is 6.43 Å². The van der Waals surface area contributed by atoms with Gasteiger partial charge in [0.05, 0.1) is 36.2 Å². The number of carbonyl (C=O) groups is 1. The first-order valence-corrected chi connectivity index (χ1v) is 8.63. The number of rotatable bonds is 7. The maximum absolute atomic E-state index is 12.9. The number of pyridine rings is 1. The molecule has 0 unspecified atom stereocenters. The minimum atomic E-state index is -2.34. The minimum absolute atomic E-state index is 0.108. The van der Waals surface area contributed by atoms with Crippen molar-refractivity contribution in [1.82, 2.24) is 20.3 Å². The second-order valence-electron chi connectivity index (χ2n) is 6.61. The second kappa shape index (κ2) is 8.05. The number of imidazole rings is 1. The van der Waals surface area contributed by atoms with Crippen LogP contribution in [0.3, 0.4) is 0 Å². The zero-order valence-corrected chi connectivity index (χ0v) is 14.3. The Kier molecular flexibility index (Phi) is 5.77. The molecule has 2 heterocycles. The van der Waals surface area contributed by atoms with Crippen LogP contribution in [0.25, 0.3) is 11.2 Å². The minimum Gasteiger partial charge on any atom is -0.394 e. The van der Waals surface area contributed by atoms with Crippen molar-refractivity contribution in [3.63, 3.8) is 0 Å². The SMILES string of the molecule is O=C(NCC1(OCCO)CCC(C(F)F)CC1)c1cnc2nc[nH]c2c1. The maximum Gasteiger partial charge on any atom is 0.253 e. The zero-order chi connectivity index (χ0) is 18.6. The molecular formula is C17H22F2N4O3. The summed E-state index contributed by atoms with van der Waals surface area (Å²) in [5.41, 5.74) is 0.825. The number of aliphatic hydroxyl groups excluding tert-OH is 1. The molecule has 7 nitrogen and oxygen atoms in total. The lowest BCUT2D eigenvalue weighted by molar-refractivity contribution is -0.0963. The number of hydrogen-bond donors (Lipinski definition) is 3. The van der Waals surface area contributed by atoms with E-state index >= 15 is 0 Å². The topological polar surface area (TPSA) is 100 Å². The molecule has 0 spiro atoms. The van der Waals surface area contributed by atoms with Crippen LogP contribution in [0, 0.1) is 5.92 Å². The van der Waals surface area contributed by atoms with Crippen molar-refractivity contribution >= 4 is 17.1 Å². The smallest absolute Gasteiger partial charge is 0.253 e. The summed E-state index contributed by atoms with van der Waals surface area (Å²) in [6.45, 7) is 0.147. The fraction of sp³-hybridized carbons (Fsp3) is 0.588. The highest BCUT2D eigenvalue weighted by molar-refractivity contribution is 5.96. The Labute approximate surface area is 149 Å². The van der Waals surface area contributed by atoms with Gasteiger partial charge in [-0.15, -0.1) is 0 Å². The first kappa shape index (κ1) is 18.7. The number of amides is 1. The number of alkyl halides is 2. The van der Waals surface area contributed by atoms with Crippen LogP contribution in [0.2, 0.25) is 0 Å². The van der Waals surface area contributed by atoms with Gasteiger partial charge < -0.3 is 20.1 Å². The fourth-order valence-corrected chi connectivity index (χ4v) is 3.35. The number of aromatic amines is 1. The molecule has 0 aromatic carbocycles. The van der Waals surface area contributed by atoms with Crippen LogP contribution in [0.5, 0.6) is 0 Å². The van der Waals surface area contributed by atoms with Crippen molar-refractivity contribution in [1.29, 1.82) is 0 Å². The van der Waals surface area contributed by atoms with Crippen molar-refractivity contribution in [2.75, 3.05) is 19.8 Å². The Hall–Kier alpha value is -2.13.